The van der Waals surface area contributed by atoms with Gasteiger partial charge in [-0.05, 0) is 121 Å². The summed E-state index contributed by atoms with van der Waals surface area (Å²) in [4.78, 5) is 2.31. The first-order chi connectivity index (χ1) is 30.7. The standard InChI is InChI=1S/C51H33N7S4/c1-28-25-44(50-51(57-62-56-50)45(28)41-26-30-10-3-5-12-33(30)35-13-6-7-14-38(35)41)58(42-21-19-34(31-23-24-59-27-31)46-48(42)54-60-52-46)43-22-20-40(47-49(43)55-61-53-47)37-16-8-15-36-32-11-4-2-9-29(32)17-18-39(36)37/h2-22,25-26,31H,23-24,27H2,1H3. The summed E-state index contributed by atoms with van der Waals surface area (Å²) in [6.07, 6.45) is 1.14. The second-order valence-electron chi connectivity index (χ2n) is 16.1. The van der Waals surface area contributed by atoms with Crippen LogP contribution in [-0.4, -0.2) is 37.7 Å². The zero-order chi connectivity index (χ0) is 40.9. The summed E-state index contributed by atoms with van der Waals surface area (Å²) in [5.74, 6) is 2.72. The lowest BCUT2D eigenvalue weighted by atomic mass is 9.90. The number of benzene rings is 9. The van der Waals surface area contributed by atoms with Gasteiger partial charge in [-0.25, -0.2) is 0 Å². The van der Waals surface area contributed by atoms with Gasteiger partial charge in [0, 0.05) is 16.9 Å². The Bertz CT molecular complexity index is 3770. The molecule has 4 heterocycles. The van der Waals surface area contributed by atoms with E-state index in [0.717, 1.165) is 90.2 Å². The van der Waals surface area contributed by atoms with Crippen LogP contribution in [0.4, 0.5) is 17.1 Å². The van der Waals surface area contributed by atoms with E-state index in [1.54, 1.807) is 0 Å². The minimum Gasteiger partial charge on any atom is -0.304 e. The van der Waals surface area contributed by atoms with Gasteiger partial charge in [-0.1, -0.05) is 109 Å². The molecule has 1 saturated heterocycles. The van der Waals surface area contributed by atoms with Gasteiger partial charge in [0.25, 0.3) is 0 Å². The van der Waals surface area contributed by atoms with Crippen molar-refractivity contribution in [2.24, 2.45) is 0 Å². The number of anilines is 3. The molecule has 0 N–H and O–H groups in total. The fraction of sp³-hybridized carbons (Fsp3) is 0.0980. The normalized spacial score (nSPS) is 14.4. The van der Waals surface area contributed by atoms with Gasteiger partial charge in [0.2, 0.25) is 0 Å². The molecule has 1 unspecified atom stereocenters. The van der Waals surface area contributed by atoms with Crippen molar-refractivity contribution in [3.8, 4) is 22.3 Å². The van der Waals surface area contributed by atoms with E-state index >= 15 is 0 Å². The molecule has 9 aromatic carbocycles. The van der Waals surface area contributed by atoms with E-state index in [2.05, 4.69) is 151 Å². The monoisotopic (exact) mass is 871 g/mol. The number of aryl methyl sites for hydroxylation is 1. The highest BCUT2D eigenvalue weighted by molar-refractivity contribution is 7.99. The Kier molecular flexibility index (Phi) is 8.40. The zero-order valence-corrected chi connectivity index (χ0v) is 36.5. The third kappa shape index (κ3) is 5.48. The Hall–Kier alpha value is -6.37. The molecule has 0 bridgehead atoms. The minimum absolute atomic E-state index is 0.452. The number of aromatic nitrogens is 6. The predicted octanol–water partition coefficient (Wildman–Crippen LogP) is 14.6. The van der Waals surface area contributed by atoms with Crippen LogP contribution in [0.15, 0.2) is 140 Å². The Labute approximate surface area is 372 Å². The maximum absolute atomic E-state index is 5.12. The summed E-state index contributed by atoms with van der Waals surface area (Å²) in [6, 6.07) is 50.5. The zero-order valence-electron chi connectivity index (χ0n) is 33.2. The molecule has 1 aliphatic rings. The van der Waals surface area contributed by atoms with E-state index in [4.69, 9.17) is 26.2 Å². The lowest BCUT2D eigenvalue weighted by Crippen LogP contribution is -2.13. The number of rotatable bonds is 6. The van der Waals surface area contributed by atoms with E-state index < -0.39 is 0 Å². The lowest BCUT2D eigenvalue weighted by molar-refractivity contribution is 0.788. The van der Waals surface area contributed by atoms with Crippen LogP contribution in [0.5, 0.6) is 0 Å². The van der Waals surface area contributed by atoms with Gasteiger partial charge in [-0.2, -0.15) is 38.0 Å². The molecule has 3 aromatic heterocycles. The SMILES string of the molecule is Cc1cc(N(c2ccc(-c3cccc4c3ccc3ccccc34)c3nsnc23)c2ccc(C3CCSC3)c3nsnc23)c2nsnc2c1-c1cc2ccccc2c2ccccc12. The average Bonchev–Trinajstić information content (AvgIpc) is 4.18. The van der Waals surface area contributed by atoms with Crippen LogP contribution >= 0.6 is 46.9 Å². The molecule has 0 radical (unpaired) electrons. The minimum atomic E-state index is 0.452. The molecular formula is C51H33N7S4. The quantitative estimate of drug-likeness (QED) is 0.153. The topological polar surface area (TPSA) is 80.6 Å². The molecular weight excluding hydrogens is 839 g/mol. The summed E-state index contributed by atoms with van der Waals surface area (Å²) in [6.45, 7) is 2.20. The molecule has 296 valence electrons. The lowest BCUT2D eigenvalue weighted by Gasteiger charge is -2.28. The summed E-state index contributed by atoms with van der Waals surface area (Å²) in [5, 5.41) is 9.71. The van der Waals surface area contributed by atoms with Gasteiger partial charge in [0.1, 0.15) is 33.1 Å². The smallest absolute Gasteiger partial charge is 0.129 e. The van der Waals surface area contributed by atoms with E-state index in [9.17, 15) is 0 Å². The first-order valence-electron chi connectivity index (χ1n) is 20.7. The Morgan fingerprint density at radius 1 is 0.452 bits per heavy atom. The highest BCUT2D eigenvalue weighted by Gasteiger charge is 2.30. The molecule has 12 aromatic rings. The predicted molar refractivity (Wildman–Crippen MR) is 264 cm³/mol. The van der Waals surface area contributed by atoms with Crippen LogP contribution < -0.4 is 4.90 Å². The van der Waals surface area contributed by atoms with Crippen molar-refractivity contribution in [3.05, 3.63) is 151 Å². The van der Waals surface area contributed by atoms with Crippen molar-refractivity contribution in [2.75, 3.05) is 16.4 Å². The molecule has 0 saturated carbocycles. The number of nitrogens with zero attached hydrogens (tertiary/aromatic N) is 7. The molecule has 62 heavy (non-hydrogen) atoms. The highest BCUT2D eigenvalue weighted by Crippen LogP contribution is 2.50. The van der Waals surface area contributed by atoms with Crippen LogP contribution in [0.3, 0.4) is 0 Å². The van der Waals surface area contributed by atoms with Crippen LogP contribution in [0.1, 0.15) is 23.5 Å². The molecule has 1 atom stereocenters. The van der Waals surface area contributed by atoms with Crippen LogP contribution in [0, 0.1) is 6.92 Å². The summed E-state index contributed by atoms with van der Waals surface area (Å²) in [5.41, 5.74) is 14.8. The van der Waals surface area contributed by atoms with Gasteiger partial charge in [-0.3, -0.25) is 0 Å². The molecule has 11 heteroatoms. The van der Waals surface area contributed by atoms with Crippen molar-refractivity contribution >= 4 is 140 Å². The Balaban J connectivity index is 1.07. The van der Waals surface area contributed by atoms with Gasteiger partial charge in [-0.15, -0.1) is 0 Å². The fourth-order valence-electron chi connectivity index (χ4n) is 9.90. The largest absolute Gasteiger partial charge is 0.304 e. The van der Waals surface area contributed by atoms with Gasteiger partial charge in [0.05, 0.1) is 52.2 Å². The van der Waals surface area contributed by atoms with E-state index in [0.29, 0.717) is 5.92 Å². The summed E-state index contributed by atoms with van der Waals surface area (Å²) in [7, 11) is 0. The highest BCUT2D eigenvalue weighted by atomic mass is 32.2. The van der Waals surface area contributed by atoms with Crippen LogP contribution in [0.25, 0.3) is 98.4 Å². The Morgan fingerprint density at radius 3 is 1.82 bits per heavy atom. The van der Waals surface area contributed by atoms with Crippen molar-refractivity contribution < 1.29 is 0 Å². The average molecular weight is 872 g/mol. The van der Waals surface area contributed by atoms with Crippen molar-refractivity contribution in [1.82, 2.24) is 26.2 Å². The first-order valence-corrected chi connectivity index (χ1v) is 24.0. The van der Waals surface area contributed by atoms with Crippen LogP contribution in [0.2, 0.25) is 0 Å². The van der Waals surface area contributed by atoms with Gasteiger partial charge in [0.15, 0.2) is 0 Å². The summed E-state index contributed by atoms with van der Waals surface area (Å²) < 4.78 is 30.4. The number of fused-ring (bicyclic) bond motifs is 9. The number of hydrogen-bond acceptors (Lipinski definition) is 11. The molecule has 0 aliphatic carbocycles. The van der Waals surface area contributed by atoms with E-state index in [1.807, 2.05) is 11.8 Å². The molecule has 13 rings (SSSR count). The van der Waals surface area contributed by atoms with E-state index in [-0.39, 0.29) is 0 Å². The third-order valence-corrected chi connectivity index (χ3v) is 15.5. The van der Waals surface area contributed by atoms with Crippen molar-refractivity contribution in [3.63, 3.8) is 0 Å². The van der Waals surface area contributed by atoms with Crippen molar-refractivity contribution in [1.29, 1.82) is 0 Å². The molecule has 0 amide bonds. The van der Waals surface area contributed by atoms with Crippen LogP contribution in [-0.2, 0) is 0 Å². The second-order valence-corrected chi connectivity index (χ2v) is 18.8. The molecule has 7 nitrogen and oxygen atoms in total. The van der Waals surface area contributed by atoms with E-state index in [1.165, 1.54) is 89.6 Å². The Morgan fingerprint density at radius 2 is 1.05 bits per heavy atom. The second kappa shape index (κ2) is 14.4. The maximum atomic E-state index is 5.12. The molecule has 1 fully saturated rings. The number of thioether (sulfide) groups is 1. The van der Waals surface area contributed by atoms with Crippen molar-refractivity contribution in [2.45, 2.75) is 19.3 Å². The molecule has 1 aliphatic heterocycles. The summed E-state index contributed by atoms with van der Waals surface area (Å²) >= 11 is 5.79. The van der Waals surface area contributed by atoms with Gasteiger partial charge >= 0.3 is 0 Å². The number of hydrogen-bond donors (Lipinski definition) is 0. The third-order valence-electron chi connectivity index (χ3n) is 12.7. The fourth-order valence-corrected chi connectivity index (χ4v) is 12.9. The maximum Gasteiger partial charge on any atom is 0.129 e. The first kappa shape index (κ1) is 36.3. The molecule has 0 spiro atoms. The van der Waals surface area contributed by atoms with Gasteiger partial charge < -0.3 is 4.90 Å².